The van der Waals surface area contributed by atoms with Crippen molar-refractivity contribution in [3.63, 3.8) is 0 Å². The Balaban J connectivity index is 2.23. The van der Waals surface area contributed by atoms with E-state index in [2.05, 4.69) is 25.7 Å². The minimum absolute atomic E-state index is 0.455. The maximum atomic E-state index is 5.31. The van der Waals surface area contributed by atoms with Crippen LogP contribution in [-0.2, 0) is 6.42 Å². The fourth-order valence-corrected chi connectivity index (χ4v) is 1.73. The number of nitrogens with one attached hydrogen (secondary N) is 1. The predicted octanol–water partition coefficient (Wildman–Crippen LogP) is 3.15. The van der Waals surface area contributed by atoms with Crippen LogP contribution in [0.3, 0.4) is 0 Å². The minimum atomic E-state index is 0.455. The Kier molecular flexibility index (Phi) is 5.19. The Labute approximate surface area is 92.4 Å². The van der Waals surface area contributed by atoms with Crippen LogP contribution in [0.1, 0.15) is 32.4 Å². The fraction of sp³-hybridized carbons (Fsp3) is 0.538. The Morgan fingerprint density at radius 1 is 1.47 bits per heavy atom. The summed E-state index contributed by atoms with van der Waals surface area (Å²) in [6.45, 7) is 8.13. The second kappa shape index (κ2) is 6.46. The second-order valence-electron chi connectivity index (χ2n) is 4.12. The van der Waals surface area contributed by atoms with Crippen molar-refractivity contribution in [2.24, 2.45) is 0 Å². The van der Waals surface area contributed by atoms with Gasteiger partial charge in [-0.2, -0.15) is 0 Å². The van der Waals surface area contributed by atoms with Gasteiger partial charge < -0.3 is 9.73 Å². The molecule has 0 aliphatic heterocycles. The van der Waals surface area contributed by atoms with Crippen LogP contribution in [-0.4, -0.2) is 12.1 Å². The predicted molar refractivity (Wildman–Crippen MR) is 63.9 cm³/mol. The van der Waals surface area contributed by atoms with Crippen molar-refractivity contribution in [3.8, 4) is 0 Å². The van der Waals surface area contributed by atoms with E-state index in [1.807, 2.05) is 18.2 Å². The van der Waals surface area contributed by atoms with Crippen LogP contribution < -0.4 is 5.32 Å². The van der Waals surface area contributed by atoms with Crippen molar-refractivity contribution >= 4 is 0 Å². The van der Waals surface area contributed by atoms with E-state index in [1.165, 1.54) is 0 Å². The molecule has 1 heterocycles. The van der Waals surface area contributed by atoms with E-state index in [1.54, 1.807) is 6.26 Å². The zero-order chi connectivity index (χ0) is 11.1. The summed E-state index contributed by atoms with van der Waals surface area (Å²) >= 11 is 0. The Morgan fingerprint density at radius 2 is 2.27 bits per heavy atom. The van der Waals surface area contributed by atoms with E-state index in [0.29, 0.717) is 12.1 Å². The summed E-state index contributed by atoms with van der Waals surface area (Å²) in [6, 6.07) is 4.94. The van der Waals surface area contributed by atoms with E-state index in [0.717, 1.165) is 25.0 Å². The van der Waals surface area contributed by atoms with Crippen molar-refractivity contribution in [1.29, 1.82) is 0 Å². The summed E-state index contributed by atoms with van der Waals surface area (Å²) < 4.78 is 5.31. The quantitative estimate of drug-likeness (QED) is 0.695. The average molecular weight is 207 g/mol. The molecule has 0 saturated heterocycles. The molecule has 0 saturated carbocycles. The number of furan rings is 1. The highest BCUT2D eigenvalue weighted by atomic mass is 16.3. The molecule has 1 rings (SSSR count). The van der Waals surface area contributed by atoms with Gasteiger partial charge in [0, 0.05) is 18.5 Å². The fourth-order valence-electron chi connectivity index (χ4n) is 1.73. The summed E-state index contributed by atoms with van der Waals surface area (Å²) in [5.74, 6) is 1.05. The molecule has 0 radical (unpaired) electrons. The zero-order valence-electron chi connectivity index (χ0n) is 9.70. The highest BCUT2D eigenvalue weighted by Crippen LogP contribution is 2.05. The van der Waals surface area contributed by atoms with Gasteiger partial charge in [0.2, 0.25) is 0 Å². The highest BCUT2D eigenvalue weighted by molar-refractivity contribution is 5.00. The molecule has 2 atom stereocenters. The molecule has 0 fully saturated rings. The Bertz CT molecular complexity index is 266. The average Bonchev–Trinajstić information content (AvgIpc) is 2.67. The lowest BCUT2D eigenvalue weighted by molar-refractivity contribution is 0.413. The third-order valence-electron chi connectivity index (χ3n) is 2.46. The van der Waals surface area contributed by atoms with Crippen LogP contribution in [0.25, 0.3) is 0 Å². The Morgan fingerprint density at radius 3 is 2.87 bits per heavy atom. The van der Waals surface area contributed by atoms with Gasteiger partial charge in [0.25, 0.3) is 0 Å². The van der Waals surface area contributed by atoms with Crippen LogP contribution in [0.2, 0.25) is 0 Å². The van der Waals surface area contributed by atoms with Crippen LogP contribution in [0.15, 0.2) is 35.5 Å². The summed E-state index contributed by atoms with van der Waals surface area (Å²) in [4.78, 5) is 0. The SMILES string of the molecule is C=CCCC(C)NC(C)Cc1ccco1. The molecule has 0 aromatic carbocycles. The van der Waals surface area contributed by atoms with Crippen molar-refractivity contribution in [2.75, 3.05) is 0 Å². The van der Waals surface area contributed by atoms with Crippen molar-refractivity contribution < 1.29 is 4.42 Å². The topological polar surface area (TPSA) is 25.2 Å². The normalized spacial score (nSPS) is 14.8. The first-order chi connectivity index (χ1) is 7.22. The van der Waals surface area contributed by atoms with E-state index in [4.69, 9.17) is 4.42 Å². The molecule has 2 nitrogen and oxygen atoms in total. The Hall–Kier alpha value is -1.02. The van der Waals surface area contributed by atoms with Gasteiger partial charge in [0.05, 0.1) is 6.26 Å². The smallest absolute Gasteiger partial charge is 0.105 e. The maximum Gasteiger partial charge on any atom is 0.105 e. The lowest BCUT2D eigenvalue weighted by Gasteiger charge is -2.18. The lowest BCUT2D eigenvalue weighted by Crippen LogP contribution is -2.35. The molecule has 15 heavy (non-hydrogen) atoms. The molecular weight excluding hydrogens is 186 g/mol. The molecule has 1 aromatic rings. The summed E-state index contributed by atoms with van der Waals surface area (Å²) in [5, 5.41) is 3.55. The largest absolute Gasteiger partial charge is 0.469 e. The first kappa shape index (κ1) is 12.1. The molecule has 2 heteroatoms. The molecule has 84 valence electrons. The van der Waals surface area contributed by atoms with E-state index >= 15 is 0 Å². The van der Waals surface area contributed by atoms with E-state index in [9.17, 15) is 0 Å². The zero-order valence-corrected chi connectivity index (χ0v) is 9.70. The molecule has 1 N–H and O–H groups in total. The molecule has 2 unspecified atom stereocenters. The minimum Gasteiger partial charge on any atom is -0.469 e. The van der Waals surface area contributed by atoms with Crippen LogP contribution in [0.5, 0.6) is 0 Å². The summed E-state index contributed by atoms with van der Waals surface area (Å²) in [6.07, 6.45) is 6.86. The number of allylic oxidation sites excluding steroid dienone is 1. The van der Waals surface area contributed by atoms with Gasteiger partial charge in [-0.1, -0.05) is 6.08 Å². The molecule has 0 amide bonds. The first-order valence-corrected chi connectivity index (χ1v) is 5.61. The van der Waals surface area contributed by atoms with Crippen molar-refractivity contribution in [3.05, 3.63) is 36.8 Å². The van der Waals surface area contributed by atoms with Crippen LogP contribution in [0.4, 0.5) is 0 Å². The summed E-state index contributed by atoms with van der Waals surface area (Å²) in [7, 11) is 0. The van der Waals surface area contributed by atoms with Gasteiger partial charge in [0.15, 0.2) is 0 Å². The van der Waals surface area contributed by atoms with Crippen molar-refractivity contribution in [2.45, 2.75) is 45.2 Å². The molecule has 0 bridgehead atoms. The van der Waals surface area contributed by atoms with Gasteiger partial charge in [-0.3, -0.25) is 0 Å². The van der Waals surface area contributed by atoms with E-state index < -0.39 is 0 Å². The molecule has 0 aliphatic carbocycles. The lowest BCUT2D eigenvalue weighted by atomic mass is 10.1. The number of hydrogen-bond acceptors (Lipinski definition) is 2. The van der Waals surface area contributed by atoms with Crippen LogP contribution in [0, 0.1) is 0 Å². The van der Waals surface area contributed by atoms with E-state index in [-0.39, 0.29) is 0 Å². The molecule has 0 aliphatic rings. The highest BCUT2D eigenvalue weighted by Gasteiger charge is 2.08. The number of rotatable bonds is 7. The third-order valence-corrected chi connectivity index (χ3v) is 2.46. The van der Waals surface area contributed by atoms with Crippen LogP contribution >= 0.6 is 0 Å². The third kappa shape index (κ3) is 4.84. The monoisotopic (exact) mass is 207 g/mol. The number of hydrogen-bond donors (Lipinski definition) is 1. The standard InChI is InChI=1S/C13H21NO/c1-4-5-7-11(2)14-12(3)10-13-8-6-9-15-13/h4,6,8-9,11-12,14H,1,5,7,10H2,2-3H3. The first-order valence-electron chi connectivity index (χ1n) is 5.61. The van der Waals surface area contributed by atoms with Gasteiger partial charge in [-0.25, -0.2) is 0 Å². The molecular formula is C13H21NO. The van der Waals surface area contributed by atoms with Gasteiger partial charge in [-0.05, 0) is 38.8 Å². The molecule has 1 aromatic heterocycles. The molecule has 0 spiro atoms. The van der Waals surface area contributed by atoms with Gasteiger partial charge in [0.1, 0.15) is 5.76 Å². The summed E-state index contributed by atoms with van der Waals surface area (Å²) in [5.41, 5.74) is 0. The van der Waals surface area contributed by atoms with Crippen molar-refractivity contribution in [1.82, 2.24) is 5.32 Å². The second-order valence-corrected chi connectivity index (χ2v) is 4.12. The van der Waals surface area contributed by atoms with Gasteiger partial charge in [-0.15, -0.1) is 6.58 Å². The maximum absolute atomic E-state index is 5.31. The van der Waals surface area contributed by atoms with Gasteiger partial charge >= 0.3 is 0 Å².